The van der Waals surface area contributed by atoms with E-state index >= 15 is 0 Å². The lowest BCUT2D eigenvalue weighted by molar-refractivity contribution is 0.0515. The highest BCUT2D eigenvalue weighted by atomic mass is 79.9. The summed E-state index contributed by atoms with van der Waals surface area (Å²) >= 11 is 7.40. The maximum absolute atomic E-state index is 5.42. The van der Waals surface area contributed by atoms with E-state index in [0.717, 1.165) is 29.8 Å². The van der Waals surface area contributed by atoms with Crippen molar-refractivity contribution < 1.29 is 4.74 Å². The first-order valence-electron chi connectivity index (χ1n) is 5.96. The second-order valence-corrected chi connectivity index (χ2v) is 5.90. The summed E-state index contributed by atoms with van der Waals surface area (Å²) in [5.74, 6) is 0.875. The van der Waals surface area contributed by atoms with Crippen molar-refractivity contribution in [3.05, 3.63) is 0 Å². The highest BCUT2D eigenvalue weighted by molar-refractivity contribution is 9.09. The molecule has 0 atom stereocenters. The zero-order valence-electron chi connectivity index (χ0n) is 9.61. The Morgan fingerprint density at radius 2 is 1.80 bits per heavy atom. The smallest absolute Gasteiger partial charge is 0.0468 e. The van der Waals surface area contributed by atoms with Crippen molar-refractivity contribution in [3.8, 4) is 0 Å². The Kier molecular flexibility index (Phi) is 6.79. The van der Waals surface area contributed by atoms with E-state index < -0.39 is 0 Å². The standard InChI is InChI=1S/C12H22Br2O/c1-2-5-12(9-13,10-14)8-11-3-6-15-7-4-11/h11H,2-10H2,1H3. The van der Waals surface area contributed by atoms with E-state index in [1.165, 1.54) is 32.1 Å². The number of halogens is 2. The molecule has 0 radical (unpaired) electrons. The van der Waals surface area contributed by atoms with Gasteiger partial charge in [0.05, 0.1) is 0 Å². The first-order valence-corrected chi connectivity index (χ1v) is 8.20. The highest BCUT2D eigenvalue weighted by Gasteiger charge is 2.30. The number of hydrogen-bond donors (Lipinski definition) is 0. The zero-order valence-corrected chi connectivity index (χ0v) is 12.8. The molecule has 1 heterocycles. The van der Waals surface area contributed by atoms with E-state index in [0.29, 0.717) is 5.41 Å². The molecule has 0 bridgehead atoms. The Morgan fingerprint density at radius 3 is 2.27 bits per heavy atom. The van der Waals surface area contributed by atoms with Crippen molar-refractivity contribution >= 4 is 31.9 Å². The average molecular weight is 342 g/mol. The van der Waals surface area contributed by atoms with E-state index in [1.807, 2.05) is 0 Å². The summed E-state index contributed by atoms with van der Waals surface area (Å²) in [6, 6.07) is 0. The Bertz CT molecular complexity index is 163. The second kappa shape index (κ2) is 7.29. The summed E-state index contributed by atoms with van der Waals surface area (Å²) < 4.78 is 5.42. The summed E-state index contributed by atoms with van der Waals surface area (Å²) in [7, 11) is 0. The van der Waals surface area contributed by atoms with Crippen molar-refractivity contribution in [2.24, 2.45) is 11.3 Å². The molecule has 0 N–H and O–H groups in total. The molecule has 0 aromatic heterocycles. The summed E-state index contributed by atoms with van der Waals surface area (Å²) in [6.45, 7) is 4.22. The average Bonchev–Trinajstić information content (AvgIpc) is 2.30. The molecule has 1 aliphatic rings. The summed E-state index contributed by atoms with van der Waals surface area (Å²) in [5, 5.41) is 2.24. The van der Waals surface area contributed by atoms with Gasteiger partial charge in [-0.05, 0) is 37.0 Å². The number of hydrogen-bond acceptors (Lipinski definition) is 1. The quantitative estimate of drug-likeness (QED) is 0.651. The van der Waals surface area contributed by atoms with Gasteiger partial charge in [-0.25, -0.2) is 0 Å². The molecular formula is C12H22Br2O. The van der Waals surface area contributed by atoms with Gasteiger partial charge in [-0.15, -0.1) is 0 Å². The van der Waals surface area contributed by atoms with Gasteiger partial charge in [-0.3, -0.25) is 0 Å². The van der Waals surface area contributed by atoms with E-state index in [1.54, 1.807) is 0 Å². The van der Waals surface area contributed by atoms with Gasteiger partial charge in [0.25, 0.3) is 0 Å². The van der Waals surface area contributed by atoms with Gasteiger partial charge in [0.1, 0.15) is 0 Å². The van der Waals surface area contributed by atoms with Gasteiger partial charge < -0.3 is 4.74 Å². The van der Waals surface area contributed by atoms with Crippen LogP contribution >= 0.6 is 31.9 Å². The van der Waals surface area contributed by atoms with Gasteiger partial charge in [-0.2, -0.15) is 0 Å². The number of rotatable bonds is 6. The monoisotopic (exact) mass is 340 g/mol. The van der Waals surface area contributed by atoms with Crippen LogP contribution in [-0.2, 0) is 4.74 Å². The van der Waals surface area contributed by atoms with E-state index in [2.05, 4.69) is 38.8 Å². The molecule has 1 fully saturated rings. The molecular weight excluding hydrogens is 320 g/mol. The van der Waals surface area contributed by atoms with Crippen LogP contribution in [0.3, 0.4) is 0 Å². The topological polar surface area (TPSA) is 9.23 Å². The summed E-state index contributed by atoms with van der Waals surface area (Å²) in [6.07, 6.45) is 6.46. The third kappa shape index (κ3) is 4.35. The van der Waals surface area contributed by atoms with Crippen LogP contribution in [0, 0.1) is 11.3 Å². The fraction of sp³-hybridized carbons (Fsp3) is 1.00. The fourth-order valence-electron chi connectivity index (χ4n) is 2.47. The SMILES string of the molecule is CCCC(CBr)(CBr)CC1CCOCC1. The first-order chi connectivity index (χ1) is 7.26. The number of ether oxygens (including phenoxy) is 1. The van der Waals surface area contributed by atoms with Crippen LogP contribution in [0.25, 0.3) is 0 Å². The van der Waals surface area contributed by atoms with Crippen LogP contribution in [0.4, 0.5) is 0 Å². The Labute approximate surface area is 111 Å². The fourth-order valence-corrected chi connectivity index (χ4v) is 4.42. The van der Waals surface area contributed by atoms with Crippen LogP contribution in [0.5, 0.6) is 0 Å². The largest absolute Gasteiger partial charge is 0.381 e. The van der Waals surface area contributed by atoms with Crippen LogP contribution in [0.1, 0.15) is 39.0 Å². The van der Waals surface area contributed by atoms with Gasteiger partial charge in [-0.1, -0.05) is 45.2 Å². The van der Waals surface area contributed by atoms with Crippen molar-refractivity contribution in [2.75, 3.05) is 23.9 Å². The Balaban J connectivity index is 2.47. The Hall–Kier alpha value is 0.920. The third-order valence-electron chi connectivity index (χ3n) is 3.41. The Morgan fingerprint density at radius 1 is 1.20 bits per heavy atom. The predicted molar refractivity (Wildman–Crippen MR) is 73.1 cm³/mol. The lowest BCUT2D eigenvalue weighted by Gasteiger charge is -2.35. The van der Waals surface area contributed by atoms with E-state index in [9.17, 15) is 0 Å². The molecule has 90 valence electrons. The van der Waals surface area contributed by atoms with Crippen molar-refractivity contribution in [1.29, 1.82) is 0 Å². The molecule has 1 nitrogen and oxygen atoms in total. The minimum Gasteiger partial charge on any atom is -0.381 e. The summed E-state index contributed by atoms with van der Waals surface area (Å²) in [4.78, 5) is 0. The molecule has 1 rings (SSSR count). The van der Waals surface area contributed by atoms with E-state index in [-0.39, 0.29) is 0 Å². The van der Waals surface area contributed by atoms with Crippen LogP contribution in [0.2, 0.25) is 0 Å². The normalized spacial score (nSPS) is 19.4. The summed E-state index contributed by atoms with van der Waals surface area (Å²) in [5.41, 5.74) is 0.469. The van der Waals surface area contributed by atoms with Crippen molar-refractivity contribution in [3.63, 3.8) is 0 Å². The molecule has 15 heavy (non-hydrogen) atoms. The first kappa shape index (κ1) is 14.0. The number of alkyl halides is 2. The van der Waals surface area contributed by atoms with Gasteiger partial charge in [0, 0.05) is 23.9 Å². The minimum absolute atomic E-state index is 0.469. The molecule has 0 amide bonds. The van der Waals surface area contributed by atoms with Gasteiger partial charge >= 0.3 is 0 Å². The van der Waals surface area contributed by atoms with Crippen LogP contribution < -0.4 is 0 Å². The molecule has 0 aromatic carbocycles. The third-order valence-corrected chi connectivity index (χ3v) is 5.79. The molecule has 0 saturated carbocycles. The maximum atomic E-state index is 5.42. The van der Waals surface area contributed by atoms with Gasteiger partial charge in [0.2, 0.25) is 0 Å². The molecule has 3 heteroatoms. The van der Waals surface area contributed by atoms with Crippen LogP contribution in [-0.4, -0.2) is 23.9 Å². The molecule has 1 saturated heterocycles. The van der Waals surface area contributed by atoms with E-state index in [4.69, 9.17) is 4.74 Å². The lowest BCUT2D eigenvalue weighted by atomic mass is 9.77. The predicted octanol–water partition coefficient (Wildman–Crippen LogP) is 4.38. The molecule has 0 aromatic rings. The second-order valence-electron chi connectivity index (χ2n) is 4.78. The van der Waals surface area contributed by atoms with Crippen molar-refractivity contribution in [1.82, 2.24) is 0 Å². The van der Waals surface area contributed by atoms with Crippen molar-refractivity contribution in [2.45, 2.75) is 39.0 Å². The molecule has 0 unspecified atom stereocenters. The maximum Gasteiger partial charge on any atom is 0.0468 e. The molecule has 0 aliphatic carbocycles. The minimum atomic E-state index is 0.469. The molecule has 0 spiro atoms. The lowest BCUT2D eigenvalue weighted by Crippen LogP contribution is -2.30. The highest BCUT2D eigenvalue weighted by Crippen LogP contribution is 2.38. The van der Waals surface area contributed by atoms with Gasteiger partial charge in [0.15, 0.2) is 0 Å². The zero-order chi connectivity index (χ0) is 11.1. The van der Waals surface area contributed by atoms with Crippen LogP contribution in [0.15, 0.2) is 0 Å². The molecule has 1 aliphatic heterocycles.